The third-order valence-corrected chi connectivity index (χ3v) is 4.14. The number of hydrogen-bond donors (Lipinski definition) is 1. The van der Waals surface area contributed by atoms with Crippen molar-refractivity contribution in [2.24, 2.45) is 0 Å². The number of methoxy groups -OCH3 is 1. The summed E-state index contributed by atoms with van der Waals surface area (Å²) in [6.45, 7) is 2.07. The summed E-state index contributed by atoms with van der Waals surface area (Å²) >= 11 is 0. The molecule has 19 heavy (non-hydrogen) atoms. The summed E-state index contributed by atoms with van der Waals surface area (Å²) in [7, 11) is 1.68. The van der Waals surface area contributed by atoms with Gasteiger partial charge in [-0.25, -0.2) is 0 Å². The van der Waals surface area contributed by atoms with E-state index >= 15 is 0 Å². The molecule has 0 amide bonds. The van der Waals surface area contributed by atoms with Crippen LogP contribution in [-0.2, 0) is 0 Å². The van der Waals surface area contributed by atoms with E-state index < -0.39 is 0 Å². The fraction of sp³-hybridized carbons (Fsp3) is 0.438. The van der Waals surface area contributed by atoms with Crippen LogP contribution in [0.15, 0.2) is 18.2 Å². The van der Waals surface area contributed by atoms with Crippen molar-refractivity contribution < 1.29 is 4.74 Å². The quantitative estimate of drug-likeness (QED) is 0.889. The second-order valence-electron chi connectivity index (χ2n) is 5.46. The van der Waals surface area contributed by atoms with E-state index in [-0.39, 0.29) is 0 Å². The average molecular weight is 256 g/mol. The summed E-state index contributed by atoms with van der Waals surface area (Å²) in [6.07, 6.45) is 5.11. The molecule has 0 saturated heterocycles. The number of ether oxygens (including phenoxy) is 1. The van der Waals surface area contributed by atoms with Crippen molar-refractivity contribution in [3.05, 3.63) is 29.5 Å². The van der Waals surface area contributed by atoms with Gasteiger partial charge in [-0.05, 0) is 43.5 Å². The predicted octanol–water partition coefficient (Wildman–Crippen LogP) is 3.79. The van der Waals surface area contributed by atoms with Crippen molar-refractivity contribution in [2.45, 2.75) is 38.5 Å². The Labute approximate surface area is 113 Å². The summed E-state index contributed by atoms with van der Waals surface area (Å²) in [6, 6.07) is 6.05. The SMILES string of the molecule is COc1cc(C)c2nc(C3CCCC3)cc(N)c2c1. The van der Waals surface area contributed by atoms with E-state index in [0.29, 0.717) is 5.92 Å². The molecule has 100 valence electrons. The molecule has 0 unspecified atom stereocenters. The number of aryl methyl sites for hydroxylation is 1. The Kier molecular flexibility index (Phi) is 3.05. The lowest BCUT2D eigenvalue weighted by atomic mass is 10.00. The van der Waals surface area contributed by atoms with Crippen LogP contribution in [0.25, 0.3) is 10.9 Å². The van der Waals surface area contributed by atoms with Crippen LogP contribution in [0.2, 0.25) is 0 Å². The summed E-state index contributed by atoms with van der Waals surface area (Å²) in [5.41, 5.74) is 10.3. The lowest BCUT2D eigenvalue weighted by Gasteiger charge is -2.13. The van der Waals surface area contributed by atoms with Gasteiger partial charge in [0.25, 0.3) is 0 Å². The van der Waals surface area contributed by atoms with Crippen LogP contribution >= 0.6 is 0 Å². The first kappa shape index (κ1) is 12.3. The molecule has 1 aromatic heterocycles. The van der Waals surface area contributed by atoms with E-state index in [1.165, 1.54) is 25.7 Å². The van der Waals surface area contributed by atoms with E-state index in [9.17, 15) is 0 Å². The molecule has 3 heteroatoms. The molecule has 1 saturated carbocycles. The molecule has 3 rings (SSSR count). The second-order valence-corrected chi connectivity index (χ2v) is 5.46. The molecule has 1 aliphatic rings. The van der Waals surface area contributed by atoms with Crippen molar-refractivity contribution in [1.29, 1.82) is 0 Å². The smallest absolute Gasteiger partial charge is 0.119 e. The summed E-state index contributed by atoms with van der Waals surface area (Å²) < 4.78 is 5.30. The Morgan fingerprint density at radius 3 is 2.63 bits per heavy atom. The Morgan fingerprint density at radius 2 is 1.95 bits per heavy atom. The zero-order valence-corrected chi connectivity index (χ0v) is 11.6. The lowest BCUT2D eigenvalue weighted by Crippen LogP contribution is -2.01. The van der Waals surface area contributed by atoms with Gasteiger partial charge in [-0.3, -0.25) is 4.98 Å². The van der Waals surface area contributed by atoms with Crippen LogP contribution in [0.4, 0.5) is 5.69 Å². The molecule has 3 nitrogen and oxygen atoms in total. The summed E-state index contributed by atoms with van der Waals surface area (Å²) in [5, 5.41) is 0.999. The van der Waals surface area contributed by atoms with Gasteiger partial charge in [-0.1, -0.05) is 12.8 Å². The van der Waals surface area contributed by atoms with Gasteiger partial charge in [0, 0.05) is 22.7 Å². The van der Waals surface area contributed by atoms with Gasteiger partial charge >= 0.3 is 0 Å². The Bertz CT molecular complexity index is 616. The fourth-order valence-corrected chi connectivity index (χ4v) is 3.06. The molecule has 0 aliphatic heterocycles. The molecule has 0 bridgehead atoms. The third-order valence-electron chi connectivity index (χ3n) is 4.14. The summed E-state index contributed by atoms with van der Waals surface area (Å²) in [4.78, 5) is 4.86. The first-order chi connectivity index (χ1) is 9.19. The van der Waals surface area contributed by atoms with Crippen molar-refractivity contribution in [2.75, 3.05) is 12.8 Å². The zero-order valence-electron chi connectivity index (χ0n) is 11.6. The van der Waals surface area contributed by atoms with Crippen molar-refractivity contribution >= 4 is 16.6 Å². The maximum absolute atomic E-state index is 6.22. The topological polar surface area (TPSA) is 48.1 Å². The Hall–Kier alpha value is -1.77. The zero-order chi connectivity index (χ0) is 13.4. The molecule has 0 atom stereocenters. The second kappa shape index (κ2) is 4.72. The van der Waals surface area contributed by atoms with Crippen LogP contribution in [0.1, 0.15) is 42.9 Å². The van der Waals surface area contributed by atoms with Crippen LogP contribution in [0.5, 0.6) is 5.75 Å². The average Bonchev–Trinajstić information content (AvgIpc) is 2.93. The van der Waals surface area contributed by atoms with Gasteiger partial charge < -0.3 is 10.5 Å². The number of fused-ring (bicyclic) bond motifs is 1. The minimum atomic E-state index is 0.591. The number of pyridine rings is 1. The van der Waals surface area contributed by atoms with E-state index in [1.54, 1.807) is 7.11 Å². The van der Waals surface area contributed by atoms with Crippen molar-refractivity contribution in [1.82, 2.24) is 4.98 Å². The fourth-order valence-electron chi connectivity index (χ4n) is 3.06. The number of anilines is 1. The number of hydrogen-bond acceptors (Lipinski definition) is 3. The van der Waals surface area contributed by atoms with Crippen LogP contribution < -0.4 is 10.5 Å². The van der Waals surface area contributed by atoms with Gasteiger partial charge in [-0.2, -0.15) is 0 Å². The third kappa shape index (κ3) is 2.14. The molecule has 2 N–H and O–H groups in total. The first-order valence-corrected chi connectivity index (χ1v) is 6.94. The minimum Gasteiger partial charge on any atom is -0.497 e. The highest BCUT2D eigenvalue weighted by Gasteiger charge is 2.20. The van der Waals surface area contributed by atoms with E-state index in [4.69, 9.17) is 15.5 Å². The normalized spacial score (nSPS) is 16.1. The first-order valence-electron chi connectivity index (χ1n) is 6.94. The highest BCUT2D eigenvalue weighted by molar-refractivity contribution is 5.93. The molecule has 1 heterocycles. The van der Waals surface area contributed by atoms with Gasteiger partial charge in [0.2, 0.25) is 0 Å². The molecule has 0 radical (unpaired) electrons. The summed E-state index contributed by atoms with van der Waals surface area (Å²) in [5.74, 6) is 1.43. The van der Waals surface area contributed by atoms with Crippen LogP contribution in [-0.4, -0.2) is 12.1 Å². The molecule has 1 aliphatic carbocycles. The van der Waals surface area contributed by atoms with Crippen LogP contribution in [0.3, 0.4) is 0 Å². The van der Waals surface area contributed by atoms with Gasteiger partial charge in [0.1, 0.15) is 5.75 Å². The van der Waals surface area contributed by atoms with E-state index in [1.807, 2.05) is 12.1 Å². The number of nitrogen functional groups attached to an aromatic ring is 1. The van der Waals surface area contributed by atoms with E-state index in [2.05, 4.69) is 13.0 Å². The Balaban J connectivity index is 2.17. The number of nitrogens with zero attached hydrogens (tertiary/aromatic N) is 1. The maximum atomic E-state index is 6.22. The largest absolute Gasteiger partial charge is 0.497 e. The van der Waals surface area contributed by atoms with Gasteiger partial charge in [-0.15, -0.1) is 0 Å². The number of benzene rings is 1. The highest BCUT2D eigenvalue weighted by Crippen LogP contribution is 2.36. The van der Waals surface area contributed by atoms with Crippen molar-refractivity contribution in [3.8, 4) is 5.75 Å². The number of nitrogens with two attached hydrogens (primary N) is 1. The Morgan fingerprint density at radius 1 is 1.21 bits per heavy atom. The molecule has 0 spiro atoms. The molecule has 1 fully saturated rings. The highest BCUT2D eigenvalue weighted by atomic mass is 16.5. The maximum Gasteiger partial charge on any atom is 0.119 e. The van der Waals surface area contributed by atoms with Crippen LogP contribution in [0, 0.1) is 6.92 Å². The monoisotopic (exact) mass is 256 g/mol. The molecular weight excluding hydrogens is 236 g/mol. The standard InChI is InChI=1S/C16H20N2O/c1-10-7-12(19-2)8-13-14(17)9-15(18-16(10)13)11-5-3-4-6-11/h7-9,11H,3-6H2,1-2H3,(H2,17,18). The van der Waals surface area contributed by atoms with Gasteiger partial charge in [0.05, 0.1) is 12.6 Å². The van der Waals surface area contributed by atoms with Gasteiger partial charge in [0.15, 0.2) is 0 Å². The molecule has 1 aromatic carbocycles. The number of rotatable bonds is 2. The minimum absolute atomic E-state index is 0.591. The molecule has 2 aromatic rings. The predicted molar refractivity (Wildman–Crippen MR) is 78.7 cm³/mol. The molecular formula is C16H20N2O. The lowest BCUT2D eigenvalue weighted by molar-refractivity contribution is 0.415. The van der Waals surface area contributed by atoms with E-state index in [0.717, 1.165) is 33.6 Å². The number of aromatic nitrogens is 1. The van der Waals surface area contributed by atoms with Crippen molar-refractivity contribution in [3.63, 3.8) is 0 Å².